The topological polar surface area (TPSA) is 48.4 Å². The summed E-state index contributed by atoms with van der Waals surface area (Å²) in [4.78, 5) is 6.68. The maximum atomic E-state index is 9.59. The molecular formula is C18H31N3O. The number of nitrogens with zero attached hydrogens (tertiary/aromatic N) is 2. The van der Waals surface area contributed by atoms with Crippen molar-refractivity contribution in [3.63, 3.8) is 0 Å². The van der Waals surface area contributed by atoms with E-state index in [1.165, 1.54) is 5.56 Å². The van der Waals surface area contributed by atoms with Gasteiger partial charge in [-0.1, -0.05) is 26.8 Å². The van der Waals surface area contributed by atoms with Gasteiger partial charge in [0.2, 0.25) is 0 Å². The quantitative estimate of drug-likeness (QED) is 0.847. The van der Waals surface area contributed by atoms with Crippen molar-refractivity contribution in [3.8, 4) is 0 Å². The minimum absolute atomic E-state index is 0.217. The molecule has 1 aromatic rings. The summed E-state index contributed by atoms with van der Waals surface area (Å²) in [7, 11) is 0. The van der Waals surface area contributed by atoms with E-state index in [1.807, 2.05) is 18.5 Å². The summed E-state index contributed by atoms with van der Waals surface area (Å²) in [6.45, 7) is 10.1. The van der Waals surface area contributed by atoms with Gasteiger partial charge in [0.1, 0.15) is 0 Å². The summed E-state index contributed by atoms with van der Waals surface area (Å²) in [5, 5.41) is 13.2. The molecular weight excluding hydrogens is 274 g/mol. The third kappa shape index (κ3) is 6.03. The first-order valence-electron chi connectivity index (χ1n) is 8.44. The SMILES string of the molecule is CC(C)(C)CC(CO)NC1CCN(Cc2cccnc2)CC1. The highest BCUT2D eigenvalue weighted by atomic mass is 16.3. The van der Waals surface area contributed by atoms with Crippen molar-refractivity contribution in [2.45, 2.75) is 58.7 Å². The van der Waals surface area contributed by atoms with Gasteiger partial charge >= 0.3 is 0 Å². The molecule has 0 saturated carbocycles. The normalized spacial score (nSPS) is 19.3. The Balaban J connectivity index is 1.74. The van der Waals surface area contributed by atoms with Crippen molar-refractivity contribution in [2.24, 2.45) is 5.41 Å². The van der Waals surface area contributed by atoms with Gasteiger partial charge in [-0.3, -0.25) is 9.88 Å². The number of aromatic nitrogens is 1. The first kappa shape index (κ1) is 17.4. The summed E-state index contributed by atoms with van der Waals surface area (Å²) in [6, 6.07) is 4.89. The van der Waals surface area contributed by atoms with Gasteiger partial charge in [0.15, 0.2) is 0 Å². The molecule has 1 aromatic heterocycles. The number of rotatable bonds is 6. The smallest absolute Gasteiger partial charge is 0.0584 e. The molecule has 1 aliphatic rings. The second-order valence-corrected chi connectivity index (χ2v) is 7.72. The van der Waals surface area contributed by atoms with E-state index >= 15 is 0 Å². The lowest BCUT2D eigenvalue weighted by atomic mass is 9.87. The zero-order valence-electron chi connectivity index (χ0n) is 14.3. The van der Waals surface area contributed by atoms with Gasteiger partial charge < -0.3 is 10.4 Å². The predicted octanol–water partition coefficient (Wildman–Crippen LogP) is 2.43. The van der Waals surface area contributed by atoms with E-state index in [-0.39, 0.29) is 18.1 Å². The second-order valence-electron chi connectivity index (χ2n) is 7.72. The average molecular weight is 305 g/mol. The number of likely N-dealkylation sites (tertiary alicyclic amines) is 1. The fraction of sp³-hybridized carbons (Fsp3) is 0.722. The largest absolute Gasteiger partial charge is 0.395 e. The van der Waals surface area contributed by atoms with Crippen LogP contribution in [0, 0.1) is 5.41 Å². The summed E-state index contributed by atoms with van der Waals surface area (Å²) in [6.07, 6.45) is 7.10. The molecule has 0 aromatic carbocycles. The standard InChI is InChI=1S/C18H31N3O/c1-18(2,3)11-17(14-22)20-16-6-9-21(10-7-16)13-15-5-4-8-19-12-15/h4-5,8,12,16-17,20,22H,6-7,9-11,13-14H2,1-3H3. The van der Waals surface area contributed by atoms with E-state index in [2.05, 4.69) is 42.0 Å². The molecule has 2 N–H and O–H groups in total. The third-order valence-corrected chi connectivity index (χ3v) is 4.27. The van der Waals surface area contributed by atoms with Crippen LogP contribution in [0.4, 0.5) is 0 Å². The number of piperidine rings is 1. The Hall–Kier alpha value is -0.970. The molecule has 4 heteroatoms. The highest BCUT2D eigenvalue weighted by Gasteiger charge is 2.24. The van der Waals surface area contributed by atoms with Crippen molar-refractivity contribution in [1.82, 2.24) is 15.2 Å². The summed E-state index contributed by atoms with van der Waals surface area (Å²) >= 11 is 0. The molecule has 124 valence electrons. The minimum atomic E-state index is 0.217. The zero-order valence-corrected chi connectivity index (χ0v) is 14.3. The van der Waals surface area contributed by atoms with Crippen LogP contribution in [0.3, 0.4) is 0 Å². The summed E-state index contributed by atoms with van der Waals surface area (Å²) in [5.41, 5.74) is 1.54. The molecule has 1 aliphatic heterocycles. The van der Waals surface area contributed by atoms with Gasteiger partial charge in [-0.2, -0.15) is 0 Å². The monoisotopic (exact) mass is 305 g/mol. The first-order valence-corrected chi connectivity index (χ1v) is 8.44. The molecule has 1 unspecified atom stereocenters. The number of hydrogen-bond acceptors (Lipinski definition) is 4. The van der Waals surface area contributed by atoms with Crippen LogP contribution < -0.4 is 5.32 Å². The molecule has 2 rings (SSSR count). The molecule has 0 spiro atoms. The maximum Gasteiger partial charge on any atom is 0.0584 e. The van der Waals surface area contributed by atoms with E-state index in [4.69, 9.17) is 0 Å². The molecule has 2 heterocycles. The van der Waals surface area contributed by atoms with Gasteiger partial charge in [0.05, 0.1) is 6.61 Å². The average Bonchev–Trinajstić information content (AvgIpc) is 2.48. The number of aliphatic hydroxyl groups excluding tert-OH is 1. The Labute approximate surface area is 134 Å². The Morgan fingerprint density at radius 1 is 1.36 bits per heavy atom. The third-order valence-electron chi connectivity index (χ3n) is 4.27. The zero-order chi connectivity index (χ0) is 16.0. The lowest BCUT2D eigenvalue weighted by Gasteiger charge is -2.35. The molecule has 1 fully saturated rings. The molecule has 1 saturated heterocycles. The molecule has 4 nitrogen and oxygen atoms in total. The van der Waals surface area contributed by atoms with Crippen LogP contribution in [0.25, 0.3) is 0 Å². The maximum absolute atomic E-state index is 9.59. The van der Waals surface area contributed by atoms with Crippen LogP contribution in [-0.4, -0.2) is 46.8 Å². The van der Waals surface area contributed by atoms with Crippen LogP contribution in [0.5, 0.6) is 0 Å². The highest BCUT2D eigenvalue weighted by molar-refractivity contribution is 5.08. The Morgan fingerprint density at radius 3 is 2.64 bits per heavy atom. The number of pyridine rings is 1. The van der Waals surface area contributed by atoms with Gasteiger partial charge in [-0.05, 0) is 49.4 Å². The van der Waals surface area contributed by atoms with Gasteiger partial charge in [-0.15, -0.1) is 0 Å². The highest BCUT2D eigenvalue weighted by Crippen LogP contribution is 2.22. The lowest BCUT2D eigenvalue weighted by molar-refractivity contribution is 0.149. The molecule has 0 bridgehead atoms. The van der Waals surface area contributed by atoms with Crippen LogP contribution in [0.15, 0.2) is 24.5 Å². The second kappa shape index (κ2) is 8.04. The molecule has 0 amide bonds. The number of nitrogens with one attached hydrogen (secondary N) is 1. The van der Waals surface area contributed by atoms with Gasteiger partial charge in [-0.25, -0.2) is 0 Å². The van der Waals surface area contributed by atoms with Crippen molar-refractivity contribution >= 4 is 0 Å². The predicted molar refractivity (Wildman–Crippen MR) is 90.6 cm³/mol. The molecule has 0 radical (unpaired) electrons. The number of hydrogen-bond donors (Lipinski definition) is 2. The van der Waals surface area contributed by atoms with E-state index in [9.17, 15) is 5.11 Å². The lowest BCUT2D eigenvalue weighted by Crippen LogP contribution is -2.48. The van der Waals surface area contributed by atoms with Crippen molar-refractivity contribution in [2.75, 3.05) is 19.7 Å². The number of aliphatic hydroxyl groups is 1. The summed E-state index contributed by atoms with van der Waals surface area (Å²) < 4.78 is 0. The van der Waals surface area contributed by atoms with Crippen LogP contribution in [0.1, 0.15) is 45.6 Å². The molecule has 0 aliphatic carbocycles. The van der Waals surface area contributed by atoms with Crippen LogP contribution >= 0.6 is 0 Å². The van der Waals surface area contributed by atoms with Crippen molar-refractivity contribution in [1.29, 1.82) is 0 Å². The minimum Gasteiger partial charge on any atom is -0.395 e. The van der Waals surface area contributed by atoms with E-state index in [1.54, 1.807) is 0 Å². The Kier molecular flexibility index (Phi) is 6.36. The van der Waals surface area contributed by atoms with Gasteiger partial charge in [0, 0.05) is 31.0 Å². The van der Waals surface area contributed by atoms with Crippen LogP contribution in [0.2, 0.25) is 0 Å². The van der Waals surface area contributed by atoms with E-state index in [0.717, 1.165) is 38.9 Å². The Bertz CT molecular complexity index is 422. The fourth-order valence-corrected chi connectivity index (χ4v) is 3.26. The van der Waals surface area contributed by atoms with E-state index < -0.39 is 0 Å². The van der Waals surface area contributed by atoms with E-state index in [0.29, 0.717) is 6.04 Å². The summed E-state index contributed by atoms with van der Waals surface area (Å²) in [5.74, 6) is 0. The Morgan fingerprint density at radius 2 is 2.09 bits per heavy atom. The van der Waals surface area contributed by atoms with Crippen molar-refractivity contribution in [3.05, 3.63) is 30.1 Å². The fourth-order valence-electron chi connectivity index (χ4n) is 3.26. The van der Waals surface area contributed by atoms with Gasteiger partial charge in [0.25, 0.3) is 0 Å². The van der Waals surface area contributed by atoms with Crippen LogP contribution in [-0.2, 0) is 6.54 Å². The molecule has 1 atom stereocenters. The first-order chi connectivity index (χ1) is 10.5. The van der Waals surface area contributed by atoms with Crippen molar-refractivity contribution < 1.29 is 5.11 Å². The molecule has 22 heavy (non-hydrogen) atoms.